The molecule has 0 spiro atoms. The Morgan fingerprint density at radius 1 is 1.16 bits per heavy atom. The number of nitrogens with one attached hydrogen (secondary N) is 2. The summed E-state index contributed by atoms with van der Waals surface area (Å²) in [4.78, 5) is 27.9. The second-order valence-electron chi connectivity index (χ2n) is 7.87. The van der Waals surface area contributed by atoms with Crippen molar-refractivity contribution in [2.24, 2.45) is 5.92 Å². The van der Waals surface area contributed by atoms with E-state index >= 15 is 0 Å². The van der Waals surface area contributed by atoms with E-state index in [4.69, 9.17) is 0 Å². The summed E-state index contributed by atoms with van der Waals surface area (Å²) in [7, 11) is 1.75. The third kappa shape index (κ3) is 8.01. The van der Waals surface area contributed by atoms with Gasteiger partial charge in [-0.1, -0.05) is 6.92 Å². The van der Waals surface area contributed by atoms with Crippen LogP contribution in [0.2, 0.25) is 0 Å². The summed E-state index contributed by atoms with van der Waals surface area (Å²) >= 11 is 0. The van der Waals surface area contributed by atoms with Gasteiger partial charge in [-0.15, -0.1) is 0 Å². The van der Waals surface area contributed by atoms with Gasteiger partial charge in [-0.2, -0.15) is 13.2 Å². The van der Waals surface area contributed by atoms with Crippen LogP contribution in [0.25, 0.3) is 0 Å². The minimum absolute atomic E-state index is 0.0922. The van der Waals surface area contributed by atoms with E-state index < -0.39 is 23.5 Å². The first-order valence-corrected chi connectivity index (χ1v) is 10.5. The number of hydrogen-bond donors (Lipinski definition) is 2. The third-order valence-corrected chi connectivity index (χ3v) is 5.37. The van der Waals surface area contributed by atoms with Crippen molar-refractivity contribution in [1.82, 2.24) is 20.4 Å². The van der Waals surface area contributed by atoms with Crippen LogP contribution in [-0.2, 0) is 6.18 Å². The molecule has 1 aliphatic rings. The maximum Gasteiger partial charge on any atom is 0.416 e. The average Bonchev–Trinajstić information content (AvgIpc) is 2.73. The maximum atomic E-state index is 13.5. The van der Waals surface area contributed by atoms with Crippen LogP contribution >= 0.6 is 0 Å². The Bertz CT molecular complexity index is 749. The molecule has 1 heterocycles. The Hall–Kier alpha value is -2.36. The van der Waals surface area contributed by atoms with Crippen molar-refractivity contribution in [3.63, 3.8) is 0 Å². The Balaban J connectivity index is 1.74. The molecule has 0 radical (unpaired) electrons. The molecule has 0 unspecified atom stereocenters. The third-order valence-electron chi connectivity index (χ3n) is 5.37. The number of benzene rings is 1. The highest BCUT2D eigenvalue weighted by atomic mass is 19.4. The first-order valence-electron chi connectivity index (χ1n) is 10.5. The fraction of sp³-hybridized carbons (Fsp3) is 0.619. The maximum absolute atomic E-state index is 13.5. The first kappa shape index (κ1) is 24.9. The largest absolute Gasteiger partial charge is 0.416 e. The molecule has 0 aliphatic carbocycles. The highest BCUT2D eigenvalue weighted by molar-refractivity contribution is 5.94. The summed E-state index contributed by atoms with van der Waals surface area (Å²) in [5.41, 5.74) is -1.52. The second-order valence-corrected chi connectivity index (χ2v) is 7.87. The second kappa shape index (κ2) is 11.3. The Morgan fingerprint density at radius 2 is 1.84 bits per heavy atom. The summed E-state index contributed by atoms with van der Waals surface area (Å²) in [6.07, 6.45) is -2.19. The molecule has 3 amide bonds. The van der Waals surface area contributed by atoms with Crippen molar-refractivity contribution in [3.05, 3.63) is 35.1 Å². The number of likely N-dealkylation sites (N-methyl/N-ethyl adjacent to an activating group) is 1. The van der Waals surface area contributed by atoms with Crippen LogP contribution in [0.5, 0.6) is 0 Å². The summed E-state index contributed by atoms with van der Waals surface area (Å²) in [5, 5.41) is 5.45. The molecule has 0 atom stereocenters. The molecule has 2 N–H and O–H groups in total. The van der Waals surface area contributed by atoms with Gasteiger partial charge in [0, 0.05) is 38.8 Å². The number of piperidine rings is 1. The van der Waals surface area contributed by atoms with Gasteiger partial charge in [0.05, 0.1) is 5.56 Å². The molecule has 0 aromatic heterocycles. The topological polar surface area (TPSA) is 64.7 Å². The van der Waals surface area contributed by atoms with Crippen molar-refractivity contribution in [2.75, 3.05) is 46.3 Å². The number of rotatable bonds is 8. The number of likely N-dealkylation sites (tertiary alicyclic amines) is 1. The minimum Gasteiger partial charge on any atom is -0.352 e. The number of carbonyl (C=O) groups is 2. The standard InChI is InChI=1S/C21H30F4N4O2/c1-3-6-26-20(31)28(2)9-10-29-7-4-15(5-8-29)14-27-19(30)16-11-17(21(23,24)25)13-18(22)12-16/h11-13,15H,3-10,14H2,1-2H3,(H,26,31)(H,27,30). The van der Waals surface area contributed by atoms with E-state index in [0.29, 0.717) is 31.8 Å². The summed E-state index contributed by atoms with van der Waals surface area (Å²) in [6, 6.07) is 1.75. The predicted octanol–water partition coefficient (Wildman–Crippen LogP) is 3.34. The van der Waals surface area contributed by atoms with E-state index in [1.165, 1.54) is 0 Å². The van der Waals surface area contributed by atoms with E-state index in [0.717, 1.165) is 45.0 Å². The van der Waals surface area contributed by atoms with Gasteiger partial charge >= 0.3 is 12.2 Å². The van der Waals surface area contributed by atoms with Gasteiger partial charge in [0.25, 0.3) is 5.91 Å². The Kier molecular flexibility index (Phi) is 9.09. The van der Waals surface area contributed by atoms with Gasteiger partial charge < -0.3 is 20.4 Å². The van der Waals surface area contributed by atoms with Crippen LogP contribution < -0.4 is 10.6 Å². The van der Waals surface area contributed by atoms with Crippen molar-refractivity contribution in [3.8, 4) is 0 Å². The van der Waals surface area contributed by atoms with E-state index in [2.05, 4.69) is 15.5 Å². The van der Waals surface area contributed by atoms with Crippen molar-refractivity contribution >= 4 is 11.9 Å². The molecule has 6 nitrogen and oxygen atoms in total. The van der Waals surface area contributed by atoms with Gasteiger partial charge in [-0.3, -0.25) is 4.79 Å². The fourth-order valence-corrected chi connectivity index (χ4v) is 3.40. The van der Waals surface area contributed by atoms with E-state index in [1.807, 2.05) is 6.92 Å². The fourth-order valence-electron chi connectivity index (χ4n) is 3.40. The first-order chi connectivity index (χ1) is 14.6. The molecule has 1 aromatic rings. The van der Waals surface area contributed by atoms with E-state index in [-0.39, 0.29) is 17.5 Å². The SMILES string of the molecule is CCCNC(=O)N(C)CCN1CCC(CNC(=O)c2cc(F)cc(C(F)(F)F)c2)CC1. The highest BCUT2D eigenvalue weighted by Gasteiger charge is 2.32. The van der Waals surface area contributed by atoms with Crippen LogP contribution in [-0.4, -0.2) is 68.1 Å². The number of halogens is 4. The van der Waals surface area contributed by atoms with Gasteiger partial charge in [-0.05, 0) is 56.5 Å². The Labute approximate surface area is 180 Å². The normalized spacial score (nSPS) is 15.5. The molecule has 0 bridgehead atoms. The number of urea groups is 1. The average molecular weight is 446 g/mol. The molecule has 1 aliphatic heterocycles. The lowest BCUT2D eigenvalue weighted by atomic mass is 9.96. The van der Waals surface area contributed by atoms with E-state index in [1.54, 1.807) is 11.9 Å². The van der Waals surface area contributed by atoms with Crippen LogP contribution in [0, 0.1) is 11.7 Å². The van der Waals surface area contributed by atoms with Crippen LogP contribution in [0.1, 0.15) is 42.1 Å². The molecule has 10 heteroatoms. The quantitative estimate of drug-likeness (QED) is 0.602. The lowest BCUT2D eigenvalue weighted by Crippen LogP contribution is -2.44. The number of nitrogens with zero attached hydrogens (tertiary/aromatic N) is 2. The van der Waals surface area contributed by atoms with Crippen LogP contribution in [0.15, 0.2) is 18.2 Å². The molecule has 174 valence electrons. The van der Waals surface area contributed by atoms with Crippen molar-refractivity contribution in [2.45, 2.75) is 32.4 Å². The molecule has 1 aromatic carbocycles. The molecule has 2 rings (SSSR count). The van der Waals surface area contributed by atoms with Crippen LogP contribution in [0.4, 0.5) is 22.4 Å². The molecule has 1 saturated heterocycles. The van der Waals surface area contributed by atoms with Gasteiger partial charge in [0.2, 0.25) is 0 Å². The van der Waals surface area contributed by atoms with Gasteiger partial charge in [-0.25, -0.2) is 9.18 Å². The van der Waals surface area contributed by atoms with Crippen LogP contribution in [0.3, 0.4) is 0 Å². The molecular formula is C21H30F4N4O2. The zero-order valence-corrected chi connectivity index (χ0v) is 17.9. The van der Waals surface area contributed by atoms with E-state index in [9.17, 15) is 27.2 Å². The lowest BCUT2D eigenvalue weighted by molar-refractivity contribution is -0.137. The molecule has 1 fully saturated rings. The van der Waals surface area contributed by atoms with Gasteiger partial charge in [0.15, 0.2) is 0 Å². The zero-order valence-electron chi connectivity index (χ0n) is 17.9. The number of hydrogen-bond acceptors (Lipinski definition) is 3. The summed E-state index contributed by atoms with van der Waals surface area (Å²) < 4.78 is 51.9. The summed E-state index contributed by atoms with van der Waals surface area (Å²) in [5.74, 6) is -1.62. The predicted molar refractivity (Wildman–Crippen MR) is 109 cm³/mol. The smallest absolute Gasteiger partial charge is 0.352 e. The van der Waals surface area contributed by atoms with Crippen molar-refractivity contribution < 1.29 is 27.2 Å². The molecule has 31 heavy (non-hydrogen) atoms. The highest BCUT2D eigenvalue weighted by Crippen LogP contribution is 2.30. The zero-order chi connectivity index (χ0) is 23.0. The minimum atomic E-state index is -4.71. The molecule has 0 saturated carbocycles. The molecular weight excluding hydrogens is 416 g/mol. The monoisotopic (exact) mass is 446 g/mol. The summed E-state index contributed by atoms with van der Waals surface area (Å²) in [6.45, 7) is 5.94. The number of amides is 3. The lowest BCUT2D eigenvalue weighted by Gasteiger charge is -2.33. The van der Waals surface area contributed by atoms with Crippen molar-refractivity contribution in [1.29, 1.82) is 0 Å². The Morgan fingerprint density at radius 3 is 2.45 bits per heavy atom. The number of carbonyl (C=O) groups excluding carboxylic acids is 2. The number of alkyl halides is 3. The van der Waals surface area contributed by atoms with Gasteiger partial charge in [0.1, 0.15) is 5.82 Å².